The number of hydrogen-bond donors (Lipinski definition) is 1. The number of esters is 1. The van der Waals surface area contributed by atoms with E-state index in [0.717, 1.165) is 10.9 Å². The number of nitrogens with one attached hydrogen (secondary N) is 1. The van der Waals surface area contributed by atoms with Crippen molar-refractivity contribution in [1.82, 2.24) is 5.32 Å². The summed E-state index contributed by atoms with van der Waals surface area (Å²) in [6, 6.07) is 7.14. The van der Waals surface area contributed by atoms with E-state index in [2.05, 4.69) is 5.32 Å². The van der Waals surface area contributed by atoms with Crippen molar-refractivity contribution in [2.75, 3.05) is 0 Å². The first-order chi connectivity index (χ1) is 11.0. The van der Waals surface area contributed by atoms with E-state index in [1.54, 1.807) is 0 Å². The molecule has 0 aliphatic heterocycles. The molecule has 4 nitrogen and oxygen atoms in total. The summed E-state index contributed by atoms with van der Waals surface area (Å²) in [6.07, 6.45) is 0.0128. The quantitative estimate of drug-likeness (QED) is 0.801. The molecule has 1 heterocycles. The van der Waals surface area contributed by atoms with Crippen molar-refractivity contribution in [3.63, 3.8) is 0 Å². The molecular formula is C16H15ClFNO3S. The molecule has 0 aliphatic carbocycles. The fraction of sp³-hybridized carbons (Fsp3) is 0.250. The number of carbonyl (C=O) groups excluding carboxylic acids is 2. The number of ether oxygens (including phenoxy) is 1. The van der Waals surface area contributed by atoms with Gasteiger partial charge in [-0.2, -0.15) is 0 Å². The largest absolute Gasteiger partial charge is 0.461 e. The predicted molar refractivity (Wildman–Crippen MR) is 86.7 cm³/mol. The van der Waals surface area contributed by atoms with Gasteiger partial charge in [-0.05, 0) is 23.6 Å². The van der Waals surface area contributed by atoms with Crippen molar-refractivity contribution < 1.29 is 18.7 Å². The molecule has 1 aromatic heterocycles. The van der Waals surface area contributed by atoms with E-state index in [9.17, 15) is 14.0 Å². The van der Waals surface area contributed by atoms with Crippen LogP contribution < -0.4 is 5.32 Å². The first-order valence-electron chi connectivity index (χ1n) is 6.85. The van der Waals surface area contributed by atoms with Gasteiger partial charge in [-0.15, -0.1) is 11.3 Å². The van der Waals surface area contributed by atoms with Crippen LogP contribution in [0.25, 0.3) is 0 Å². The van der Waals surface area contributed by atoms with Crippen LogP contribution in [0.4, 0.5) is 4.39 Å². The summed E-state index contributed by atoms with van der Waals surface area (Å²) < 4.78 is 18.1. The van der Waals surface area contributed by atoms with Gasteiger partial charge in [0.25, 0.3) is 0 Å². The Kier molecular flexibility index (Phi) is 6.12. The Morgan fingerprint density at radius 3 is 2.78 bits per heavy atom. The van der Waals surface area contributed by atoms with E-state index >= 15 is 0 Å². The van der Waals surface area contributed by atoms with Gasteiger partial charge in [0.1, 0.15) is 12.4 Å². The molecule has 7 heteroatoms. The van der Waals surface area contributed by atoms with Crippen LogP contribution in [-0.4, -0.2) is 11.9 Å². The van der Waals surface area contributed by atoms with E-state index in [1.807, 2.05) is 17.5 Å². The Hall–Kier alpha value is -1.92. The predicted octanol–water partition coefficient (Wildman–Crippen LogP) is 3.85. The topological polar surface area (TPSA) is 55.4 Å². The van der Waals surface area contributed by atoms with Crippen molar-refractivity contribution in [2.24, 2.45) is 0 Å². The molecule has 2 rings (SSSR count). The van der Waals surface area contributed by atoms with Crippen LogP contribution in [0.15, 0.2) is 35.7 Å². The molecule has 1 aromatic carbocycles. The van der Waals surface area contributed by atoms with Gasteiger partial charge in [0.05, 0.1) is 17.5 Å². The number of carbonyl (C=O) groups is 2. The first kappa shape index (κ1) is 17.4. The van der Waals surface area contributed by atoms with Crippen LogP contribution in [0.5, 0.6) is 0 Å². The Morgan fingerprint density at radius 1 is 1.39 bits per heavy atom. The molecule has 0 saturated carbocycles. The van der Waals surface area contributed by atoms with Gasteiger partial charge in [-0.25, -0.2) is 4.39 Å². The normalized spacial score (nSPS) is 11.8. The van der Waals surface area contributed by atoms with Crippen LogP contribution in [0.1, 0.15) is 29.8 Å². The summed E-state index contributed by atoms with van der Waals surface area (Å²) in [5.74, 6) is -1.15. The van der Waals surface area contributed by atoms with E-state index in [-0.39, 0.29) is 24.0 Å². The molecule has 1 unspecified atom stereocenters. The van der Waals surface area contributed by atoms with Crippen LogP contribution in [0, 0.1) is 5.82 Å². The molecule has 0 bridgehead atoms. The first-order valence-corrected chi connectivity index (χ1v) is 8.11. The fourth-order valence-electron chi connectivity index (χ4n) is 1.98. The molecule has 1 N–H and O–H groups in total. The van der Waals surface area contributed by atoms with Crippen molar-refractivity contribution in [2.45, 2.75) is 26.0 Å². The number of halogens is 2. The summed E-state index contributed by atoms with van der Waals surface area (Å²) in [4.78, 5) is 24.1. The summed E-state index contributed by atoms with van der Waals surface area (Å²) in [5, 5.41) is 4.80. The third kappa shape index (κ3) is 5.33. The van der Waals surface area contributed by atoms with E-state index in [4.69, 9.17) is 16.3 Å². The van der Waals surface area contributed by atoms with Crippen molar-refractivity contribution in [1.29, 1.82) is 0 Å². The van der Waals surface area contributed by atoms with Gasteiger partial charge >= 0.3 is 5.97 Å². The van der Waals surface area contributed by atoms with Crippen LogP contribution in [-0.2, 0) is 20.9 Å². The minimum Gasteiger partial charge on any atom is -0.461 e. The van der Waals surface area contributed by atoms with Crippen LogP contribution in [0.3, 0.4) is 0 Å². The molecule has 23 heavy (non-hydrogen) atoms. The summed E-state index contributed by atoms with van der Waals surface area (Å²) in [5.41, 5.74) is 0.522. The SMILES string of the molecule is CC(=O)NC(CC(=O)OCc1ccc(F)cc1Cl)c1cccs1. The second-order valence-electron chi connectivity index (χ2n) is 4.87. The maximum Gasteiger partial charge on any atom is 0.308 e. The Morgan fingerprint density at radius 2 is 2.17 bits per heavy atom. The lowest BCUT2D eigenvalue weighted by atomic mass is 10.1. The van der Waals surface area contributed by atoms with E-state index in [1.165, 1.54) is 30.4 Å². The van der Waals surface area contributed by atoms with Gasteiger partial charge in [-0.1, -0.05) is 23.7 Å². The van der Waals surface area contributed by atoms with Gasteiger partial charge in [0, 0.05) is 17.4 Å². The lowest BCUT2D eigenvalue weighted by Gasteiger charge is -2.16. The molecule has 0 saturated heterocycles. The molecule has 0 radical (unpaired) electrons. The number of amides is 1. The highest BCUT2D eigenvalue weighted by molar-refractivity contribution is 7.10. The summed E-state index contributed by atoms with van der Waals surface area (Å²) in [6.45, 7) is 1.35. The highest BCUT2D eigenvalue weighted by Gasteiger charge is 2.19. The molecule has 2 aromatic rings. The molecular weight excluding hydrogens is 341 g/mol. The maximum atomic E-state index is 13.0. The Bertz CT molecular complexity index is 691. The molecule has 1 atom stereocenters. The summed E-state index contributed by atoms with van der Waals surface area (Å²) in [7, 11) is 0. The van der Waals surface area contributed by atoms with Crippen LogP contribution >= 0.6 is 22.9 Å². The van der Waals surface area contributed by atoms with Gasteiger partial charge in [-0.3, -0.25) is 9.59 Å². The smallest absolute Gasteiger partial charge is 0.308 e. The third-order valence-electron chi connectivity index (χ3n) is 3.04. The average Bonchev–Trinajstić information content (AvgIpc) is 2.99. The average molecular weight is 356 g/mol. The zero-order valence-electron chi connectivity index (χ0n) is 12.3. The Labute approximate surface area is 142 Å². The van der Waals surface area contributed by atoms with Gasteiger partial charge in [0.2, 0.25) is 5.91 Å². The van der Waals surface area contributed by atoms with Crippen LogP contribution in [0.2, 0.25) is 5.02 Å². The number of rotatable bonds is 6. The van der Waals surface area contributed by atoms with E-state index < -0.39 is 17.8 Å². The highest BCUT2D eigenvalue weighted by atomic mass is 35.5. The van der Waals surface area contributed by atoms with Crippen molar-refractivity contribution in [3.05, 3.63) is 57.0 Å². The zero-order valence-corrected chi connectivity index (χ0v) is 13.9. The second-order valence-corrected chi connectivity index (χ2v) is 6.26. The molecule has 0 aliphatic rings. The van der Waals surface area contributed by atoms with E-state index in [0.29, 0.717) is 5.56 Å². The maximum absolute atomic E-state index is 13.0. The lowest BCUT2D eigenvalue weighted by Crippen LogP contribution is -2.28. The number of hydrogen-bond acceptors (Lipinski definition) is 4. The zero-order chi connectivity index (χ0) is 16.8. The molecule has 0 fully saturated rings. The molecule has 122 valence electrons. The monoisotopic (exact) mass is 355 g/mol. The molecule has 0 spiro atoms. The van der Waals surface area contributed by atoms with Crippen molar-refractivity contribution >= 4 is 34.8 Å². The van der Waals surface area contributed by atoms with Gasteiger partial charge < -0.3 is 10.1 Å². The molecule has 1 amide bonds. The minimum absolute atomic E-state index is 0.0128. The third-order valence-corrected chi connectivity index (χ3v) is 4.38. The Balaban J connectivity index is 1.95. The minimum atomic E-state index is -0.474. The second kappa shape index (κ2) is 8.08. The van der Waals surface area contributed by atoms with Gasteiger partial charge in [0.15, 0.2) is 0 Å². The lowest BCUT2D eigenvalue weighted by molar-refractivity contribution is -0.145. The number of benzene rings is 1. The standard InChI is InChI=1S/C16H15ClFNO3S/c1-10(20)19-14(15-3-2-6-23-15)8-16(21)22-9-11-4-5-12(18)7-13(11)17/h2-7,14H,8-9H2,1H3,(H,19,20). The highest BCUT2D eigenvalue weighted by Crippen LogP contribution is 2.23. The number of thiophene rings is 1. The van der Waals surface area contributed by atoms with Crippen molar-refractivity contribution in [3.8, 4) is 0 Å². The fourth-order valence-corrected chi connectivity index (χ4v) is 2.98. The summed E-state index contributed by atoms with van der Waals surface area (Å²) >= 11 is 7.33.